The molecular weight excluding hydrogens is 662 g/mol. The Bertz CT molecular complexity index is 1900. The molecule has 23 nitrogen and oxygen atoms in total. The van der Waals surface area contributed by atoms with Crippen molar-refractivity contribution in [1.82, 2.24) is 39.0 Å². The Hall–Kier alpha value is -3.60. The fourth-order valence-corrected chi connectivity index (χ4v) is 7.64. The molecule has 4 unspecified atom stereocenters. The summed E-state index contributed by atoms with van der Waals surface area (Å²) < 4.78 is 62.5. The first-order valence-corrected chi connectivity index (χ1v) is 16.9. The fraction of sp³-hybridized carbons (Fsp3) is 0.524. The van der Waals surface area contributed by atoms with E-state index < -0.39 is 88.8 Å². The molecule has 0 amide bonds. The highest BCUT2D eigenvalue weighted by atomic mass is 31.2. The van der Waals surface area contributed by atoms with Gasteiger partial charge in [0.1, 0.15) is 36.6 Å². The molecular formula is C21H26N10O13P2. The van der Waals surface area contributed by atoms with Crippen LogP contribution in [0.2, 0.25) is 0 Å². The van der Waals surface area contributed by atoms with Crippen LogP contribution in [0, 0.1) is 0 Å². The van der Waals surface area contributed by atoms with E-state index in [1.807, 2.05) is 0 Å². The molecule has 0 radical (unpaired) electrons. The normalized spacial score (nSPS) is 37.1. The number of aliphatic hydroxyl groups is 2. The van der Waals surface area contributed by atoms with Gasteiger partial charge in [-0.05, 0) is 0 Å². The molecule has 9 N–H and O–H groups in total. The zero-order valence-electron chi connectivity index (χ0n) is 23.3. The third kappa shape index (κ3) is 5.34. The van der Waals surface area contributed by atoms with E-state index in [0.29, 0.717) is 0 Å². The Balaban J connectivity index is 1.18. The van der Waals surface area contributed by atoms with Crippen LogP contribution in [0.15, 0.2) is 22.2 Å². The smallest absolute Gasteiger partial charge is 0.386 e. The van der Waals surface area contributed by atoms with Crippen LogP contribution >= 0.6 is 15.4 Å². The lowest BCUT2D eigenvalue weighted by Crippen LogP contribution is -2.39. The number of hydrogen-bond donors (Lipinski definition) is 7. The summed E-state index contributed by atoms with van der Waals surface area (Å²) in [6.45, 7) is -0.279. The summed E-state index contributed by atoms with van der Waals surface area (Å²) in [6.07, 6.45) is -9.66. The molecule has 0 bridgehead atoms. The van der Waals surface area contributed by atoms with Crippen LogP contribution in [0.25, 0.3) is 22.3 Å². The van der Waals surface area contributed by atoms with Crippen molar-refractivity contribution < 1.29 is 51.8 Å². The van der Waals surface area contributed by atoms with Gasteiger partial charge in [-0.15, -0.1) is 0 Å². The molecule has 4 aromatic heterocycles. The summed E-state index contributed by atoms with van der Waals surface area (Å²) in [7, 11) is -9.14. The fourth-order valence-electron chi connectivity index (χ4n) is 5.50. The standard InChI is InChI=1S/C21H26N10O13P2/c1-45(36)39-2-6-13(11(33)19(41-6)31-5-25-9-15(31)27-21(23)29-17(9)35)44-46(37,38)40-3-7-12(43-45)10(32)18(42-7)30-4-24-8-14(30)26-20(22)28-16(8)34/h4-7,10-13,18-19,32-33H,2-3H2,1H3,(H,37,38)(H3,22,26,28,34)(H3,23,27,29,35)/t6-,7-,10+,11+,12?,13?,18-,19-,45?/m1/s1. The number of phosphoric ester groups is 1. The molecule has 3 aliphatic rings. The molecule has 10 atom stereocenters. The van der Waals surface area contributed by atoms with E-state index >= 15 is 0 Å². The van der Waals surface area contributed by atoms with E-state index in [9.17, 15) is 33.8 Å². The van der Waals surface area contributed by atoms with Crippen molar-refractivity contribution in [3.63, 3.8) is 0 Å². The maximum Gasteiger partial charge on any atom is 0.472 e. The Labute approximate surface area is 254 Å². The number of anilines is 2. The maximum atomic E-state index is 13.5. The van der Waals surface area contributed by atoms with Gasteiger partial charge in [0, 0.05) is 6.66 Å². The van der Waals surface area contributed by atoms with Gasteiger partial charge in [0.05, 0.1) is 25.9 Å². The number of fused-ring (bicyclic) bond motifs is 4. The first-order chi connectivity index (χ1) is 21.7. The second-order valence-electron chi connectivity index (χ2n) is 10.6. The van der Waals surface area contributed by atoms with Gasteiger partial charge in [-0.1, -0.05) is 0 Å². The zero-order chi connectivity index (χ0) is 32.7. The van der Waals surface area contributed by atoms with Gasteiger partial charge in [-0.3, -0.25) is 46.8 Å². The number of aromatic amines is 2. The molecule has 3 fully saturated rings. The molecule has 0 aliphatic carbocycles. The van der Waals surface area contributed by atoms with Crippen molar-refractivity contribution in [2.45, 2.75) is 49.1 Å². The minimum atomic E-state index is -5.04. The number of hydrogen-bond acceptors (Lipinski definition) is 18. The lowest BCUT2D eigenvalue weighted by molar-refractivity contribution is -0.0622. The maximum absolute atomic E-state index is 13.5. The van der Waals surface area contributed by atoms with Gasteiger partial charge in [-0.25, -0.2) is 14.5 Å². The first kappa shape index (κ1) is 31.0. The predicted octanol–water partition coefficient (Wildman–Crippen LogP) is -2.33. The molecule has 7 rings (SSSR count). The van der Waals surface area contributed by atoms with Gasteiger partial charge in [0.25, 0.3) is 11.1 Å². The number of nitrogen functional groups attached to an aromatic ring is 2. The molecule has 4 aromatic rings. The lowest BCUT2D eigenvalue weighted by Gasteiger charge is -2.28. The predicted molar refractivity (Wildman–Crippen MR) is 150 cm³/mol. The molecule has 0 saturated carbocycles. The number of ether oxygens (including phenoxy) is 2. The number of H-pyrrole nitrogens is 2. The number of aromatic nitrogens is 8. The third-order valence-electron chi connectivity index (χ3n) is 7.51. The van der Waals surface area contributed by atoms with Crippen LogP contribution < -0.4 is 22.6 Å². The number of imidazole rings is 2. The minimum Gasteiger partial charge on any atom is -0.386 e. The molecule has 7 heterocycles. The number of aliphatic hydroxyl groups excluding tert-OH is 2. The summed E-state index contributed by atoms with van der Waals surface area (Å²) in [4.78, 5) is 55.7. The SMILES string of the molecule is CP1(=O)OC[C@H]2O[C@@H](n3cnc4c(=O)[nH]c(N)nc43)[C@@H](O)C2OP(=O)(O)OC[C@H]2O[C@@H](n3cnc4c(=O)[nH]c(N)nc43)[C@@H](O)C2O1. The van der Waals surface area contributed by atoms with E-state index in [1.54, 1.807) is 0 Å². The van der Waals surface area contributed by atoms with Crippen molar-refractivity contribution in [3.8, 4) is 0 Å². The van der Waals surface area contributed by atoms with Crippen LogP contribution in [-0.4, -0.2) is 111 Å². The Morgan fingerprint density at radius 2 is 1.28 bits per heavy atom. The topological polar surface area (TPSA) is 329 Å². The Morgan fingerprint density at radius 1 is 0.826 bits per heavy atom. The molecule has 3 saturated heterocycles. The minimum absolute atomic E-state index is 0.0580. The Kier molecular flexibility index (Phi) is 7.41. The van der Waals surface area contributed by atoms with Gasteiger partial charge < -0.3 is 40.6 Å². The number of rotatable bonds is 2. The summed E-state index contributed by atoms with van der Waals surface area (Å²) in [5.74, 6) is -0.488. The summed E-state index contributed by atoms with van der Waals surface area (Å²) in [5, 5.41) is 22.4. The van der Waals surface area contributed by atoms with Crippen molar-refractivity contribution in [2.75, 3.05) is 31.3 Å². The molecule has 248 valence electrons. The number of phosphoric acid groups is 1. The second kappa shape index (κ2) is 11.0. The van der Waals surface area contributed by atoms with Gasteiger partial charge in [-0.2, -0.15) is 9.97 Å². The summed E-state index contributed by atoms with van der Waals surface area (Å²) >= 11 is 0. The molecule has 0 aromatic carbocycles. The average molecular weight is 688 g/mol. The van der Waals surface area contributed by atoms with E-state index in [1.165, 1.54) is 4.57 Å². The monoisotopic (exact) mass is 688 g/mol. The average Bonchev–Trinajstić information content (AvgIpc) is 3.72. The quantitative estimate of drug-likeness (QED) is 0.109. The van der Waals surface area contributed by atoms with Crippen molar-refractivity contribution in [2.24, 2.45) is 0 Å². The summed E-state index contributed by atoms with van der Waals surface area (Å²) in [5.41, 5.74) is 9.61. The molecule has 46 heavy (non-hydrogen) atoms. The highest BCUT2D eigenvalue weighted by Gasteiger charge is 2.53. The number of nitrogens with two attached hydrogens (primary N) is 2. The van der Waals surface area contributed by atoms with Gasteiger partial charge in [0.15, 0.2) is 34.8 Å². The van der Waals surface area contributed by atoms with Crippen LogP contribution in [0.3, 0.4) is 0 Å². The zero-order valence-corrected chi connectivity index (χ0v) is 25.1. The van der Waals surface area contributed by atoms with Crippen molar-refractivity contribution in [1.29, 1.82) is 0 Å². The van der Waals surface area contributed by atoms with E-state index in [2.05, 4.69) is 29.9 Å². The Morgan fingerprint density at radius 3 is 1.78 bits per heavy atom. The molecule has 3 aliphatic heterocycles. The van der Waals surface area contributed by atoms with E-state index in [4.69, 9.17) is 39.0 Å². The second-order valence-corrected chi connectivity index (χ2v) is 14.1. The highest BCUT2D eigenvalue weighted by molar-refractivity contribution is 7.53. The number of nitrogens with zero attached hydrogens (tertiary/aromatic N) is 6. The van der Waals surface area contributed by atoms with Crippen molar-refractivity contribution in [3.05, 3.63) is 33.4 Å². The van der Waals surface area contributed by atoms with Gasteiger partial charge >= 0.3 is 15.4 Å². The van der Waals surface area contributed by atoms with Crippen LogP contribution in [0.1, 0.15) is 12.5 Å². The van der Waals surface area contributed by atoms with E-state index in [0.717, 1.165) is 23.9 Å². The highest BCUT2D eigenvalue weighted by Crippen LogP contribution is 2.53. The van der Waals surface area contributed by atoms with Crippen molar-refractivity contribution >= 4 is 49.6 Å². The van der Waals surface area contributed by atoms with Crippen LogP contribution in [0.4, 0.5) is 11.9 Å². The summed E-state index contributed by atoms with van der Waals surface area (Å²) in [6, 6.07) is 0. The van der Waals surface area contributed by atoms with Gasteiger partial charge in [0.2, 0.25) is 11.9 Å². The third-order valence-corrected chi connectivity index (χ3v) is 9.74. The lowest BCUT2D eigenvalue weighted by atomic mass is 10.1. The molecule has 25 heteroatoms. The van der Waals surface area contributed by atoms with Crippen LogP contribution in [-0.2, 0) is 36.7 Å². The largest absolute Gasteiger partial charge is 0.472 e. The number of nitrogens with one attached hydrogen (secondary N) is 2. The van der Waals surface area contributed by atoms with Crippen LogP contribution in [0.5, 0.6) is 0 Å². The molecule has 0 spiro atoms. The first-order valence-electron chi connectivity index (χ1n) is 13.4. The van der Waals surface area contributed by atoms with E-state index in [-0.39, 0.29) is 34.2 Å².